The topological polar surface area (TPSA) is 61.5 Å². The summed E-state index contributed by atoms with van der Waals surface area (Å²) >= 11 is 0. The van der Waals surface area contributed by atoms with Crippen LogP contribution < -0.4 is 5.56 Å². The van der Waals surface area contributed by atoms with E-state index in [4.69, 9.17) is 4.74 Å². The zero-order chi connectivity index (χ0) is 12.3. The normalized spacial score (nSPS) is 16.4. The minimum atomic E-state index is -0.183. The summed E-state index contributed by atoms with van der Waals surface area (Å²) in [6, 6.07) is 3.22. The monoisotopic (exact) mass is 236 g/mol. The molecular formula is C11H16N4O2. The molecule has 6 heteroatoms. The lowest BCUT2D eigenvalue weighted by molar-refractivity contribution is 0.0525. The Morgan fingerprint density at radius 1 is 1.53 bits per heavy atom. The molecule has 0 amide bonds. The van der Waals surface area contributed by atoms with Gasteiger partial charge in [0.25, 0.3) is 5.56 Å². The van der Waals surface area contributed by atoms with Crippen molar-refractivity contribution in [3.05, 3.63) is 34.4 Å². The lowest BCUT2D eigenvalue weighted by atomic mass is 10.2. The maximum atomic E-state index is 10.9. The number of ether oxygens (including phenoxy) is 1. The number of rotatable bonds is 4. The molecule has 1 aromatic heterocycles. The zero-order valence-corrected chi connectivity index (χ0v) is 10.0. The first-order valence-electron chi connectivity index (χ1n) is 5.44. The van der Waals surface area contributed by atoms with E-state index < -0.39 is 0 Å². The molecule has 1 aliphatic heterocycles. The third-order valence-electron chi connectivity index (χ3n) is 2.68. The highest BCUT2D eigenvalue weighted by Gasteiger charge is 2.19. The molecule has 2 rings (SSSR count). The van der Waals surface area contributed by atoms with Crippen LogP contribution in [0.1, 0.15) is 5.69 Å². The van der Waals surface area contributed by atoms with Crippen molar-refractivity contribution in [1.82, 2.24) is 20.2 Å². The highest BCUT2D eigenvalue weighted by atomic mass is 16.5. The molecule has 92 valence electrons. The average Bonchev–Trinajstić information content (AvgIpc) is 2.69. The molecule has 0 fully saturated rings. The van der Waals surface area contributed by atoms with Crippen molar-refractivity contribution in [3.8, 4) is 0 Å². The maximum absolute atomic E-state index is 10.9. The molecule has 0 atom stereocenters. The molecule has 0 aromatic carbocycles. The first-order valence-corrected chi connectivity index (χ1v) is 5.44. The molecule has 1 aliphatic rings. The second-order valence-corrected chi connectivity index (χ2v) is 3.93. The van der Waals surface area contributed by atoms with Crippen LogP contribution >= 0.6 is 0 Å². The summed E-state index contributed by atoms with van der Waals surface area (Å²) in [5.41, 5.74) is 1.70. The third kappa shape index (κ3) is 2.72. The lowest BCUT2D eigenvalue weighted by Crippen LogP contribution is -2.33. The van der Waals surface area contributed by atoms with Gasteiger partial charge in [-0.3, -0.25) is 4.79 Å². The number of likely N-dealkylation sites (N-methyl/N-ethyl adjacent to an activating group) is 1. The summed E-state index contributed by atoms with van der Waals surface area (Å²) in [6.45, 7) is 2.26. The lowest BCUT2D eigenvalue weighted by Gasteiger charge is -2.24. The van der Waals surface area contributed by atoms with Crippen molar-refractivity contribution in [2.24, 2.45) is 0 Å². The van der Waals surface area contributed by atoms with Gasteiger partial charge in [0.1, 0.15) is 0 Å². The Bertz CT molecular complexity index is 448. The summed E-state index contributed by atoms with van der Waals surface area (Å²) in [7, 11) is 3.69. The van der Waals surface area contributed by atoms with Crippen molar-refractivity contribution in [2.45, 2.75) is 0 Å². The fourth-order valence-electron chi connectivity index (χ4n) is 1.75. The van der Waals surface area contributed by atoms with Crippen LogP contribution in [0.4, 0.5) is 0 Å². The molecule has 17 heavy (non-hydrogen) atoms. The van der Waals surface area contributed by atoms with E-state index in [0.29, 0.717) is 6.61 Å². The highest BCUT2D eigenvalue weighted by molar-refractivity contribution is 5.64. The van der Waals surface area contributed by atoms with Crippen LogP contribution in [0.2, 0.25) is 0 Å². The number of nitrogens with one attached hydrogen (secondary N) is 1. The molecule has 2 heterocycles. The largest absolute Gasteiger partial charge is 0.383 e. The smallest absolute Gasteiger partial charge is 0.264 e. The van der Waals surface area contributed by atoms with Crippen molar-refractivity contribution >= 4 is 5.57 Å². The molecule has 0 saturated heterocycles. The van der Waals surface area contributed by atoms with Crippen LogP contribution in [0, 0.1) is 0 Å². The summed E-state index contributed by atoms with van der Waals surface area (Å²) < 4.78 is 5.05. The standard InChI is InChI=1S/C11H16N4O2/c1-14-7-9(8-15(14)5-6-17-2)10-3-4-11(16)13-12-10/h3-4,8H,5-7H2,1-2H3,(H,13,16). The van der Waals surface area contributed by atoms with Gasteiger partial charge < -0.3 is 9.75 Å². The van der Waals surface area contributed by atoms with E-state index in [1.807, 2.05) is 13.2 Å². The van der Waals surface area contributed by atoms with Gasteiger partial charge in [-0.15, -0.1) is 0 Å². The number of H-pyrrole nitrogens is 1. The van der Waals surface area contributed by atoms with Gasteiger partial charge in [0, 0.05) is 38.5 Å². The number of hydrazine groups is 1. The summed E-state index contributed by atoms with van der Waals surface area (Å²) in [4.78, 5) is 10.9. The van der Waals surface area contributed by atoms with Crippen LogP contribution in [-0.2, 0) is 4.74 Å². The van der Waals surface area contributed by atoms with Gasteiger partial charge in [-0.1, -0.05) is 0 Å². The van der Waals surface area contributed by atoms with Gasteiger partial charge >= 0.3 is 0 Å². The van der Waals surface area contributed by atoms with Crippen molar-refractivity contribution in [1.29, 1.82) is 0 Å². The predicted octanol–water partition coefficient (Wildman–Crippen LogP) is -0.0804. The quantitative estimate of drug-likeness (QED) is 0.792. The summed E-state index contributed by atoms with van der Waals surface area (Å²) in [5.74, 6) is 0. The summed E-state index contributed by atoms with van der Waals surface area (Å²) in [5, 5.41) is 10.6. The number of aromatic amines is 1. The van der Waals surface area contributed by atoms with Gasteiger partial charge in [0.15, 0.2) is 0 Å². The minimum Gasteiger partial charge on any atom is -0.383 e. The van der Waals surface area contributed by atoms with Crippen molar-refractivity contribution in [3.63, 3.8) is 0 Å². The maximum Gasteiger partial charge on any atom is 0.264 e. The van der Waals surface area contributed by atoms with Gasteiger partial charge in [-0.25, -0.2) is 10.1 Å². The second-order valence-electron chi connectivity index (χ2n) is 3.93. The predicted molar refractivity (Wildman–Crippen MR) is 64.0 cm³/mol. The van der Waals surface area contributed by atoms with E-state index in [9.17, 15) is 4.79 Å². The van der Waals surface area contributed by atoms with Crippen LogP contribution in [-0.4, -0.2) is 54.1 Å². The average molecular weight is 236 g/mol. The number of aromatic nitrogens is 2. The van der Waals surface area contributed by atoms with Gasteiger partial charge in [0.05, 0.1) is 18.8 Å². The van der Waals surface area contributed by atoms with E-state index in [0.717, 1.165) is 24.4 Å². The number of hydrogen-bond donors (Lipinski definition) is 1. The minimum absolute atomic E-state index is 0.183. The Labute approximate surface area is 99.5 Å². The molecule has 0 radical (unpaired) electrons. The Kier molecular flexibility index (Phi) is 3.55. The summed E-state index contributed by atoms with van der Waals surface area (Å²) in [6.07, 6.45) is 2.03. The van der Waals surface area contributed by atoms with Crippen LogP contribution in [0.25, 0.3) is 5.57 Å². The first kappa shape index (κ1) is 11.8. The zero-order valence-electron chi connectivity index (χ0n) is 10.0. The SMILES string of the molecule is COCCN1C=C(c2ccc(=O)[nH]n2)CN1C. The molecule has 0 spiro atoms. The highest BCUT2D eigenvalue weighted by Crippen LogP contribution is 2.20. The van der Waals surface area contributed by atoms with Crippen LogP contribution in [0.3, 0.4) is 0 Å². The van der Waals surface area contributed by atoms with Gasteiger partial charge in [-0.2, -0.15) is 5.10 Å². The van der Waals surface area contributed by atoms with Crippen molar-refractivity contribution < 1.29 is 4.74 Å². The number of methoxy groups -OCH3 is 1. The number of hydrogen-bond acceptors (Lipinski definition) is 5. The molecule has 0 unspecified atom stereocenters. The molecular weight excluding hydrogens is 220 g/mol. The van der Waals surface area contributed by atoms with Crippen molar-refractivity contribution in [2.75, 3.05) is 33.9 Å². The number of nitrogens with zero attached hydrogens (tertiary/aromatic N) is 3. The molecule has 0 saturated carbocycles. The Balaban J connectivity index is 2.12. The molecule has 6 nitrogen and oxygen atoms in total. The van der Waals surface area contributed by atoms with E-state index >= 15 is 0 Å². The van der Waals surface area contributed by atoms with Gasteiger partial charge in [0.2, 0.25) is 0 Å². The fourth-order valence-corrected chi connectivity index (χ4v) is 1.75. The Morgan fingerprint density at radius 2 is 2.35 bits per heavy atom. The van der Waals surface area contributed by atoms with E-state index in [2.05, 4.69) is 20.2 Å². The Morgan fingerprint density at radius 3 is 3.00 bits per heavy atom. The first-order chi connectivity index (χ1) is 8.20. The molecule has 0 aliphatic carbocycles. The van der Waals surface area contributed by atoms with E-state index in [1.54, 1.807) is 13.2 Å². The van der Waals surface area contributed by atoms with E-state index in [1.165, 1.54) is 6.07 Å². The fraction of sp³-hybridized carbons (Fsp3) is 0.455. The molecule has 1 aromatic rings. The van der Waals surface area contributed by atoms with Crippen LogP contribution in [0.5, 0.6) is 0 Å². The molecule has 0 bridgehead atoms. The third-order valence-corrected chi connectivity index (χ3v) is 2.68. The molecule has 1 N–H and O–H groups in total. The van der Waals surface area contributed by atoms with Crippen LogP contribution in [0.15, 0.2) is 23.1 Å². The van der Waals surface area contributed by atoms with Gasteiger partial charge in [-0.05, 0) is 6.07 Å². The Hall–Kier alpha value is -1.66. The van der Waals surface area contributed by atoms with E-state index in [-0.39, 0.29) is 5.56 Å². The second kappa shape index (κ2) is 5.11.